The lowest BCUT2D eigenvalue weighted by Gasteiger charge is -2.32. The first kappa shape index (κ1) is 13.1. The number of hydrogen-bond donors (Lipinski definition) is 1. The Labute approximate surface area is 108 Å². The quantitative estimate of drug-likeness (QED) is 0.874. The van der Waals surface area contributed by atoms with Gasteiger partial charge in [0.25, 0.3) is 0 Å². The molecule has 4 heteroatoms. The zero-order chi connectivity index (χ0) is 13.0. The van der Waals surface area contributed by atoms with Gasteiger partial charge < -0.3 is 15.4 Å². The maximum absolute atomic E-state index is 12.1. The second kappa shape index (κ2) is 5.98. The number of carbonyl (C=O) groups is 1. The van der Waals surface area contributed by atoms with Crippen LogP contribution in [-0.2, 0) is 16.0 Å². The first-order valence-corrected chi connectivity index (χ1v) is 6.38. The van der Waals surface area contributed by atoms with E-state index in [1.165, 1.54) is 0 Å². The van der Waals surface area contributed by atoms with Gasteiger partial charge >= 0.3 is 0 Å². The normalized spacial score (nSPS) is 20.2. The molecule has 98 valence electrons. The van der Waals surface area contributed by atoms with Crippen LogP contribution in [0.5, 0.6) is 0 Å². The van der Waals surface area contributed by atoms with Crippen LogP contribution < -0.4 is 10.6 Å². The molecule has 0 aromatic heterocycles. The topological polar surface area (TPSA) is 55.6 Å². The maximum atomic E-state index is 12.1. The number of nitrogens with zero attached hydrogens (tertiary/aromatic N) is 1. The van der Waals surface area contributed by atoms with Crippen molar-refractivity contribution in [3.63, 3.8) is 0 Å². The molecule has 1 atom stereocenters. The van der Waals surface area contributed by atoms with Crippen molar-refractivity contribution >= 4 is 11.6 Å². The minimum absolute atomic E-state index is 0.0334. The number of benzene rings is 1. The summed E-state index contributed by atoms with van der Waals surface area (Å²) in [5.74, 6) is 0.0334. The second-order valence-electron chi connectivity index (χ2n) is 4.61. The number of ether oxygens (including phenoxy) is 1. The molecular formula is C14H20N2O2. The second-order valence-corrected chi connectivity index (χ2v) is 4.61. The molecule has 1 heterocycles. The van der Waals surface area contributed by atoms with Gasteiger partial charge in [0.1, 0.15) is 0 Å². The van der Waals surface area contributed by atoms with Gasteiger partial charge in [0, 0.05) is 19.3 Å². The molecule has 1 saturated heterocycles. The highest BCUT2D eigenvalue weighted by atomic mass is 16.5. The summed E-state index contributed by atoms with van der Waals surface area (Å²) in [6.07, 6.45) is 2.56. The summed E-state index contributed by atoms with van der Waals surface area (Å²) >= 11 is 0. The van der Waals surface area contributed by atoms with Crippen molar-refractivity contribution in [1.29, 1.82) is 0 Å². The summed E-state index contributed by atoms with van der Waals surface area (Å²) in [5.41, 5.74) is 7.96. The van der Waals surface area contributed by atoms with E-state index in [1.807, 2.05) is 29.2 Å². The van der Waals surface area contributed by atoms with E-state index >= 15 is 0 Å². The fraction of sp³-hybridized carbons (Fsp3) is 0.500. The van der Waals surface area contributed by atoms with Crippen molar-refractivity contribution in [3.05, 3.63) is 29.8 Å². The molecular weight excluding hydrogens is 228 g/mol. The van der Waals surface area contributed by atoms with E-state index in [9.17, 15) is 4.79 Å². The van der Waals surface area contributed by atoms with Crippen molar-refractivity contribution in [3.8, 4) is 0 Å². The van der Waals surface area contributed by atoms with Gasteiger partial charge in [-0.25, -0.2) is 0 Å². The van der Waals surface area contributed by atoms with Crippen molar-refractivity contribution < 1.29 is 9.53 Å². The Balaban J connectivity index is 2.23. The van der Waals surface area contributed by atoms with Gasteiger partial charge in [-0.05, 0) is 30.9 Å². The van der Waals surface area contributed by atoms with Crippen LogP contribution in [0.4, 0.5) is 5.69 Å². The lowest BCUT2D eigenvalue weighted by Crippen LogP contribution is -2.48. The smallest absolute Gasteiger partial charge is 0.243 e. The van der Waals surface area contributed by atoms with Crippen LogP contribution in [0.25, 0.3) is 0 Å². The average molecular weight is 248 g/mol. The highest BCUT2D eigenvalue weighted by Gasteiger charge is 2.27. The maximum Gasteiger partial charge on any atom is 0.243 e. The molecule has 0 aliphatic carbocycles. The predicted molar refractivity (Wildman–Crippen MR) is 71.6 cm³/mol. The molecule has 18 heavy (non-hydrogen) atoms. The Bertz CT molecular complexity index is 420. The van der Waals surface area contributed by atoms with Crippen molar-refractivity contribution in [2.75, 3.05) is 25.2 Å². The van der Waals surface area contributed by atoms with E-state index in [4.69, 9.17) is 10.5 Å². The third-order valence-electron chi connectivity index (χ3n) is 3.34. The van der Waals surface area contributed by atoms with Crippen LogP contribution in [0.15, 0.2) is 24.3 Å². The monoisotopic (exact) mass is 248 g/mol. The largest absolute Gasteiger partial charge is 0.384 e. The first-order valence-electron chi connectivity index (χ1n) is 6.38. The van der Waals surface area contributed by atoms with Gasteiger partial charge in [-0.3, -0.25) is 4.79 Å². The van der Waals surface area contributed by atoms with E-state index in [-0.39, 0.29) is 11.9 Å². The Morgan fingerprint density at radius 1 is 1.44 bits per heavy atom. The third kappa shape index (κ3) is 2.71. The fourth-order valence-corrected chi connectivity index (χ4v) is 2.34. The molecule has 1 aromatic rings. The Hall–Kier alpha value is -1.39. The van der Waals surface area contributed by atoms with Crippen LogP contribution in [0.3, 0.4) is 0 Å². The molecule has 1 amide bonds. The van der Waals surface area contributed by atoms with Gasteiger partial charge in [-0.15, -0.1) is 0 Å². The van der Waals surface area contributed by atoms with Gasteiger partial charge in [0.05, 0.1) is 12.6 Å². The van der Waals surface area contributed by atoms with Crippen LogP contribution in [0, 0.1) is 0 Å². The summed E-state index contributed by atoms with van der Waals surface area (Å²) in [7, 11) is 1.69. The molecule has 1 unspecified atom stereocenters. The van der Waals surface area contributed by atoms with Crippen molar-refractivity contribution in [1.82, 2.24) is 0 Å². The van der Waals surface area contributed by atoms with Gasteiger partial charge in [-0.2, -0.15) is 0 Å². The molecule has 0 radical (unpaired) electrons. The molecule has 1 aromatic carbocycles. The molecule has 0 spiro atoms. The number of para-hydroxylation sites is 1. The van der Waals surface area contributed by atoms with E-state index in [0.29, 0.717) is 6.61 Å². The number of hydrogen-bond acceptors (Lipinski definition) is 3. The van der Waals surface area contributed by atoms with E-state index < -0.39 is 0 Å². The summed E-state index contributed by atoms with van der Waals surface area (Å²) in [4.78, 5) is 13.9. The summed E-state index contributed by atoms with van der Waals surface area (Å²) in [5, 5.41) is 0. The number of amides is 1. The molecule has 1 aliphatic rings. The zero-order valence-corrected chi connectivity index (χ0v) is 10.8. The lowest BCUT2D eigenvalue weighted by atomic mass is 10.0. The van der Waals surface area contributed by atoms with E-state index in [0.717, 1.165) is 37.1 Å². The minimum Gasteiger partial charge on any atom is -0.384 e. The van der Waals surface area contributed by atoms with E-state index in [2.05, 4.69) is 0 Å². The standard InChI is InChI=1S/C14H20N2O2/c1-18-10-8-11-5-2-3-7-13(11)16-9-4-6-12(15)14(16)17/h2-3,5,7,12H,4,6,8-10,15H2,1H3. The molecule has 1 aliphatic heterocycles. The number of piperidine rings is 1. The van der Waals surface area contributed by atoms with Crippen molar-refractivity contribution in [2.24, 2.45) is 5.73 Å². The van der Waals surface area contributed by atoms with Crippen LogP contribution >= 0.6 is 0 Å². The number of anilines is 1. The number of carbonyl (C=O) groups excluding carboxylic acids is 1. The fourth-order valence-electron chi connectivity index (χ4n) is 2.34. The van der Waals surface area contributed by atoms with Crippen LogP contribution in [-0.4, -0.2) is 32.2 Å². The zero-order valence-electron chi connectivity index (χ0n) is 10.8. The van der Waals surface area contributed by atoms with E-state index in [1.54, 1.807) is 7.11 Å². The number of rotatable bonds is 4. The molecule has 1 fully saturated rings. The van der Waals surface area contributed by atoms with Crippen molar-refractivity contribution in [2.45, 2.75) is 25.3 Å². The molecule has 0 saturated carbocycles. The molecule has 2 rings (SSSR count). The Morgan fingerprint density at radius 3 is 3.00 bits per heavy atom. The SMILES string of the molecule is COCCc1ccccc1N1CCCC(N)C1=O. The summed E-state index contributed by atoms with van der Waals surface area (Å²) < 4.78 is 5.11. The van der Waals surface area contributed by atoms with Gasteiger partial charge in [0.2, 0.25) is 5.91 Å². The predicted octanol–water partition coefficient (Wildman–Crippen LogP) is 1.33. The number of nitrogens with two attached hydrogens (primary N) is 1. The van der Waals surface area contributed by atoms with Gasteiger partial charge in [-0.1, -0.05) is 18.2 Å². The summed E-state index contributed by atoms with van der Waals surface area (Å²) in [6.45, 7) is 1.42. The van der Waals surface area contributed by atoms with Gasteiger partial charge in [0.15, 0.2) is 0 Å². The lowest BCUT2D eigenvalue weighted by molar-refractivity contribution is -0.120. The molecule has 0 bridgehead atoms. The summed E-state index contributed by atoms with van der Waals surface area (Å²) in [6, 6.07) is 7.62. The average Bonchev–Trinajstić information content (AvgIpc) is 2.40. The third-order valence-corrected chi connectivity index (χ3v) is 3.34. The van der Waals surface area contributed by atoms with Crippen LogP contribution in [0.1, 0.15) is 18.4 Å². The minimum atomic E-state index is -0.353. The highest BCUT2D eigenvalue weighted by Crippen LogP contribution is 2.25. The van der Waals surface area contributed by atoms with Crippen LogP contribution in [0.2, 0.25) is 0 Å². The Kier molecular flexibility index (Phi) is 4.33. The number of methoxy groups -OCH3 is 1. The Morgan fingerprint density at radius 2 is 2.22 bits per heavy atom. The molecule has 4 nitrogen and oxygen atoms in total. The highest BCUT2D eigenvalue weighted by molar-refractivity contribution is 5.98. The first-order chi connectivity index (χ1) is 8.74. The molecule has 2 N–H and O–H groups in total.